The molecule has 2 aliphatic rings. The molecule has 208 valence electrons. The van der Waals surface area contributed by atoms with Crippen molar-refractivity contribution in [3.63, 3.8) is 0 Å². The van der Waals surface area contributed by atoms with Crippen LogP contribution >= 0.6 is 0 Å². The van der Waals surface area contributed by atoms with Gasteiger partial charge in [0.05, 0.1) is 16.7 Å². The van der Waals surface area contributed by atoms with Crippen molar-refractivity contribution in [1.82, 2.24) is 19.4 Å². The highest BCUT2D eigenvalue weighted by molar-refractivity contribution is 5.98. The van der Waals surface area contributed by atoms with Gasteiger partial charge in [-0.25, -0.2) is 9.78 Å². The quantitative estimate of drug-likeness (QED) is 0.386. The summed E-state index contributed by atoms with van der Waals surface area (Å²) in [6.45, 7) is 7.51. The maximum atomic E-state index is 13.3. The molecule has 10 nitrogen and oxygen atoms in total. The molecule has 0 spiro atoms. The van der Waals surface area contributed by atoms with Gasteiger partial charge in [0.15, 0.2) is 12.3 Å². The van der Waals surface area contributed by atoms with Gasteiger partial charge in [0, 0.05) is 19.1 Å². The lowest BCUT2D eigenvalue weighted by molar-refractivity contribution is -0.121. The van der Waals surface area contributed by atoms with E-state index in [9.17, 15) is 14.4 Å². The maximum Gasteiger partial charge on any atom is 0.326 e. The predicted octanol–water partition coefficient (Wildman–Crippen LogP) is 4.41. The first-order valence-electron chi connectivity index (χ1n) is 13.8. The molecule has 1 N–H and O–H groups in total. The van der Waals surface area contributed by atoms with Crippen LogP contribution in [0.15, 0.2) is 57.9 Å². The molecule has 2 aliphatic heterocycles. The summed E-state index contributed by atoms with van der Waals surface area (Å²) in [6.07, 6.45) is 3.62. The van der Waals surface area contributed by atoms with Gasteiger partial charge < -0.3 is 19.0 Å². The average molecular weight is 544 g/mol. The van der Waals surface area contributed by atoms with Crippen LogP contribution in [0.2, 0.25) is 0 Å². The number of fused-ring (bicyclic) bond motifs is 2. The van der Waals surface area contributed by atoms with Gasteiger partial charge in [-0.15, -0.1) is 0 Å². The van der Waals surface area contributed by atoms with Gasteiger partial charge in [-0.3, -0.25) is 19.1 Å². The maximum absolute atomic E-state index is 13.3. The molecule has 4 aromatic rings. The van der Waals surface area contributed by atoms with Crippen molar-refractivity contribution in [3.05, 3.63) is 76.4 Å². The van der Waals surface area contributed by atoms with Crippen molar-refractivity contribution >= 4 is 28.5 Å². The summed E-state index contributed by atoms with van der Waals surface area (Å²) in [5, 5.41) is 0. The third-order valence-corrected chi connectivity index (χ3v) is 8.37. The lowest BCUT2D eigenvalue weighted by Crippen LogP contribution is -2.40. The van der Waals surface area contributed by atoms with E-state index in [1.807, 2.05) is 42.5 Å². The molecule has 2 aromatic carbocycles. The SMILES string of the molecule is CCC(C)(C)c1ccc2c(c1)N(Cc1nc(C(=O)N3CCC(n4c(=O)[nH]c5ccccc54)CC3)co1)C(=O)CO2. The van der Waals surface area contributed by atoms with Crippen LogP contribution < -0.4 is 15.3 Å². The summed E-state index contributed by atoms with van der Waals surface area (Å²) < 4.78 is 13.1. The number of aromatic nitrogens is 3. The van der Waals surface area contributed by atoms with Gasteiger partial charge in [0.25, 0.3) is 11.8 Å². The number of anilines is 1. The van der Waals surface area contributed by atoms with Crippen LogP contribution in [0.1, 0.15) is 68.0 Å². The van der Waals surface area contributed by atoms with E-state index in [4.69, 9.17) is 9.15 Å². The van der Waals surface area contributed by atoms with E-state index in [-0.39, 0.29) is 53.7 Å². The van der Waals surface area contributed by atoms with Gasteiger partial charge >= 0.3 is 5.69 Å². The molecule has 10 heteroatoms. The molecule has 0 aliphatic carbocycles. The number of likely N-dealkylation sites (tertiary alicyclic amines) is 1. The Kier molecular flexibility index (Phi) is 6.48. The third kappa shape index (κ3) is 4.57. The van der Waals surface area contributed by atoms with Gasteiger partial charge in [-0.05, 0) is 54.5 Å². The molecule has 1 saturated heterocycles. The molecule has 0 radical (unpaired) electrons. The standard InChI is InChI=1S/C30H33N5O5/c1-4-30(2,3)19-9-10-25-24(15-19)34(27(36)18-39-25)16-26-31-22(17-40-26)28(37)33-13-11-20(12-14-33)35-23-8-6-5-7-21(23)32-29(35)38/h5-10,15,17,20H,4,11-14,16,18H2,1-3H3,(H,32,38). The number of rotatable bonds is 6. The first-order valence-corrected chi connectivity index (χ1v) is 13.8. The minimum Gasteiger partial charge on any atom is -0.482 e. The number of para-hydroxylation sites is 2. The molecular formula is C30H33N5O5. The molecule has 0 atom stereocenters. The number of carbonyl (C=O) groups excluding carboxylic acids is 2. The van der Waals surface area contributed by atoms with E-state index >= 15 is 0 Å². The minimum absolute atomic E-state index is 0.00977. The van der Waals surface area contributed by atoms with Gasteiger partial charge in [0.1, 0.15) is 18.6 Å². The van der Waals surface area contributed by atoms with E-state index in [1.165, 1.54) is 6.26 Å². The molecule has 2 amide bonds. The number of piperidine rings is 1. The second-order valence-electron chi connectivity index (χ2n) is 11.2. The molecular weight excluding hydrogens is 510 g/mol. The Balaban J connectivity index is 1.15. The molecule has 2 aromatic heterocycles. The minimum atomic E-state index is -0.222. The fourth-order valence-electron chi connectivity index (χ4n) is 5.54. The molecule has 0 unspecified atom stereocenters. The number of carbonyl (C=O) groups is 2. The van der Waals surface area contributed by atoms with Crippen LogP contribution in [-0.4, -0.2) is 50.9 Å². The lowest BCUT2D eigenvalue weighted by Gasteiger charge is -2.32. The monoisotopic (exact) mass is 543 g/mol. The van der Waals surface area contributed by atoms with E-state index in [0.717, 1.165) is 23.0 Å². The van der Waals surface area contributed by atoms with Crippen LogP contribution in [-0.2, 0) is 16.8 Å². The highest BCUT2D eigenvalue weighted by Gasteiger charge is 2.31. The van der Waals surface area contributed by atoms with E-state index < -0.39 is 0 Å². The number of ether oxygens (including phenoxy) is 1. The first kappa shape index (κ1) is 25.9. The number of oxazole rings is 1. The lowest BCUT2D eigenvalue weighted by atomic mass is 9.82. The van der Waals surface area contributed by atoms with E-state index in [1.54, 1.807) is 14.4 Å². The Bertz CT molecular complexity index is 1640. The van der Waals surface area contributed by atoms with Crippen molar-refractivity contribution < 1.29 is 18.7 Å². The van der Waals surface area contributed by atoms with Crippen LogP contribution in [0.5, 0.6) is 5.75 Å². The zero-order chi connectivity index (χ0) is 28.0. The Morgan fingerprint density at radius 3 is 2.67 bits per heavy atom. The number of hydrogen-bond donors (Lipinski definition) is 1. The normalized spacial score (nSPS) is 16.3. The smallest absolute Gasteiger partial charge is 0.326 e. The number of nitrogens with zero attached hydrogens (tertiary/aromatic N) is 4. The number of imidazole rings is 1. The van der Waals surface area contributed by atoms with Gasteiger partial charge in [0.2, 0.25) is 5.89 Å². The topological polar surface area (TPSA) is 114 Å². The predicted molar refractivity (Wildman–Crippen MR) is 150 cm³/mol. The largest absolute Gasteiger partial charge is 0.482 e. The highest BCUT2D eigenvalue weighted by Crippen LogP contribution is 2.38. The average Bonchev–Trinajstić information content (AvgIpc) is 3.57. The van der Waals surface area contributed by atoms with Crippen molar-refractivity contribution in [2.45, 2.75) is 58.0 Å². The van der Waals surface area contributed by atoms with Crippen molar-refractivity contribution in [1.29, 1.82) is 0 Å². The number of H-pyrrole nitrogens is 1. The molecule has 0 saturated carbocycles. The second-order valence-corrected chi connectivity index (χ2v) is 11.2. The summed E-state index contributed by atoms with van der Waals surface area (Å²) in [5.74, 6) is 0.500. The number of hydrogen-bond acceptors (Lipinski definition) is 6. The van der Waals surface area contributed by atoms with Crippen LogP contribution in [0.4, 0.5) is 5.69 Å². The van der Waals surface area contributed by atoms with Gasteiger partial charge in [-0.2, -0.15) is 0 Å². The summed E-state index contributed by atoms with van der Waals surface area (Å²) in [5.41, 5.74) is 3.50. The number of aromatic amines is 1. The number of amides is 2. The molecule has 4 heterocycles. The number of nitrogens with one attached hydrogen (secondary N) is 1. The molecule has 40 heavy (non-hydrogen) atoms. The van der Waals surface area contributed by atoms with Crippen LogP contribution in [0.25, 0.3) is 11.0 Å². The molecule has 6 rings (SSSR count). The molecule has 1 fully saturated rings. The highest BCUT2D eigenvalue weighted by atomic mass is 16.5. The Hall–Kier alpha value is -4.34. The summed E-state index contributed by atoms with van der Waals surface area (Å²) in [6, 6.07) is 13.6. The second kappa shape index (κ2) is 10.0. The summed E-state index contributed by atoms with van der Waals surface area (Å²) in [4.78, 5) is 49.4. The van der Waals surface area contributed by atoms with Crippen LogP contribution in [0.3, 0.4) is 0 Å². The fourth-order valence-corrected chi connectivity index (χ4v) is 5.54. The zero-order valence-corrected chi connectivity index (χ0v) is 23.0. The third-order valence-electron chi connectivity index (χ3n) is 8.37. The number of benzene rings is 2. The van der Waals surface area contributed by atoms with Crippen molar-refractivity contribution in [3.8, 4) is 5.75 Å². The Morgan fingerprint density at radius 1 is 1.12 bits per heavy atom. The Morgan fingerprint density at radius 2 is 1.90 bits per heavy atom. The van der Waals surface area contributed by atoms with E-state index in [2.05, 4.69) is 30.7 Å². The Labute approximate surface area is 231 Å². The molecule has 0 bridgehead atoms. The summed E-state index contributed by atoms with van der Waals surface area (Å²) in [7, 11) is 0. The van der Waals surface area contributed by atoms with Crippen LogP contribution in [0, 0.1) is 0 Å². The van der Waals surface area contributed by atoms with Crippen molar-refractivity contribution in [2.24, 2.45) is 0 Å². The first-order chi connectivity index (χ1) is 19.2. The zero-order valence-electron chi connectivity index (χ0n) is 23.0. The van der Waals surface area contributed by atoms with Crippen molar-refractivity contribution in [2.75, 3.05) is 24.6 Å². The summed E-state index contributed by atoms with van der Waals surface area (Å²) >= 11 is 0. The van der Waals surface area contributed by atoms with E-state index in [0.29, 0.717) is 37.4 Å². The van der Waals surface area contributed by atoms with Gasteiger partial charge in [-0.1, -0.05) is 39.0 Å². The fraction of sp³-hybridized carbons (Fsp3) is 0.400.